The molecule has 1 rings (SSSR count). The van der Waals surface area contributed by atoms with E-state index < -0.39 is 73.4 Å². The third-order valence-electron chi connectivity index (χ3n) is 6.62. The number of aliphatic carboxylic acids is 1. The summed E-state index contributed by atoms with van der Waals surface area (Å²) >= 11 is 1.25. The van der Waals surface area contributed by atoms with Crippen molar-refractivity contribution in [1.82, 2.24) is 26.6 Å². The van der Waals surface area contributed by atoms with E-state index in [1.807, 2.05) is 0 Å². The van der Waals surface area contributed by atoms with Crippen molar-refractivity contribution in [1.29, 1.82) is 0 Å². The second-order valence-electron chi connectivity index (χ2n) is 10.5. The molecule has 1 aromatic rings. The minimum atomic E-state index is -1.21. The number of nitrogens with one attached hydrogen (secondary N) is 5. The van der Waals surface area contributed by atoms with Gasteiger partial charge in [0.05, 0.1) is 25.5 Å². The lowest BCUT2D eigenvalue weighted by Crippen LogP contribution is -2.54. The molecule has 16 heteroatoms. The van der Waals surface area contributed by atoms with Crippen molar-refractivity contribution < 1.29 is 38.3 Å². The molecule has 0 fully saturated rings. The highest BCUT2D eigenvalue weighted by Crippen LogP contribution is 2.06. The van der Waals surface area contributed by atoms with Crippen LogP contribution in [0.4, 0.5) is 4.39 Å². The Morgan fingerprint density at radius 3 is 1.78 bits per heavy atom. The molecule has 0 aromatic heterocycles. The van der Waals surface area contributed by atoms with Crippen molar-refractivity contribution >= 4 is 47.3 Å². The molecule has 0 radical (unpaired) electrons. The van der Waals surface area contributed by atoms with Crippen LogP contribution >= 0.6 is 11.8 Å². The number of carbonyl (C=O) groups excluding carboxylic acids is 5. The highest BCUT2D eigenvalue weighted by Gasteiger charge is 2.25. The molecule has 0 aliphatic heterocycles. The van der Waals surface area contributed by atoms with Crippen LogP contribution < -0.4 is 38.1 Å². The van der Waals surface area contributed by atoms with E-state index in [0.29, 0.717) is 62.9 Å². The molecule has 0 unspecified atom stereocenters. The Kier molecular flexibility index (Phi) is 21.4. The van der Waals surface area contributed by atoms with Gasteiger partial charge >= 0.3 is 5.97 Å². The Bertz CT molecular complexity index is 1100. The van der Waals surface area contributed by atoms with Gasteiger partial charge in [-0.1, -0.05) is 30.3 Å². The second-order valence-corrected chi connectivity index (χ2v) is 11.6. The molecule has 46 heavy (non-hydrogen) atoms. The third kappa shape index (κ3) is 18.3. The molecule has 258 valence electrons. The first kappa shape index (κ1) is 40.3. The molecular weight excluding hydrogens is 621 g/mol. The van der Waals surface area contributed by atoms with Crippen molar-refractivity contribution in [2.24, 2.45) is 11.5 Å². The van der Waals surface area contributed by atoms with Crippen LogP contribution in [-0.4, -0.2) is 103 Å². The Hall–Kier alpha value is -3.76. The van der Waals surface area contributed by atoms with E-state index in [1.54, 1.807) is 30.3 Å². The summed E-state index contributed by atoms with van der Waals surface area (Å²) in [4.78, 5) is 75.0. The zero-order valence-corrected chi connectivity index (χ0v) is 26.9. The number of carboxylic acids is 1. The quantitative estimate of drug-likeness (QED) is 0.0613. The van der Waals surface area contributed by atoms with Crippen LogP contribution in [-0.2, 0) is 35.2 Å². The molecule has 0 aliphatic rings. The predicted octanol–water partition coefficient (Wildman–Crippen LogP) is -0.649. The summed E-state index contributed by atoms with van der Waals surface area (Å²) in [5.74, 6) is -3.75. The maximum Gasteiger partial charge on any atom is 0.326 e. The lowest BCUT2D eigenvalue weighted by molar-refractivity contribution is -0.142. The van der Waals surface area contributed by atoms with Gasteiger partial charge in [0.25, 0.3) is 0 Å². The van der Waals surface area contributed by atoms with Gasteiger partial charge in [0, 0.05) is 6.42 Å². The van der Waals surface area contributed by atoms with Crippen LogP contribution in [0.3, 0.4) is 0 Å². The lowest BCUT2D eigenvalue weighted by Gasteiger charge is -2.21. The van der Waals surface area contributed by atoms with Gasteiger partial charge in [-0.25, -0.2) is 4.79 Å². The Balaban J connectivity index is 2.80. The monoisotopic (exact) mass is 669 g/mol. The molecule has 0 heterocycles. The highest BCUT2D eigenvalue weighted by atomic mass is 32.2. The third-order valence-corrected chi connectivity index (χ3v) is 7.66. The van der Waals surface area contributed by atoms with Crippen molar-refractivity contribution in [2.45, 2.75) is 69.5 Å². The zero-order chi connectivity index (χ0) is 34.2. The maximum absolute atomic E-state index is 13.1. The first-order valence-corrected chi connectivity index (χ1v) is 16.5. The summed E-state index contributed by atoms with van der Waals surface area (Å²) in [5.41, 5.74) is 11.7. The highest BCUT2D eigenvalue weighted by molar-refractivity contribution is 7.99. The number of thioether (sulfide) groups is 1. The van der Waals surface area contributed by atoms with Crippen molar-refractivity contribution in [3.05, 3.63) is 35.9 Å². The molecule has 0 aliphatic carbocycles. The first-order valence-electron chi connectivity index (χ1n) is 15.3. The minimum Gasteiger partial charge on any atom is -0.480 e. The van der Waals surface area contributed by atoms with Gasteiger partial charge < -0.3 is 43.2 Å². The fourth-order valence-electron chi connectivity index (χ4n) is 4.20. The number of alkyl halides is 1. The van der Waals surface area contributed by atoms with Gasteiger partial charge in [0.1, 0.15) is 18.1 Å². The van der Waals surface area contributed by atoms with Crippen molar-refractivity contribution in [3.63, 3.8) is 0 Å². The van der Waals surface area contributed by atoms with Gasteiger partial charge in [0.15, 0.2) is 0 Å². The number of hydrogen-bond acceptors (Lipinski definition) is 9. The first-order chi connectivity index (χ1) is 22.1. The second kappa shape index (κ2) is 24.5. The number of hydrogen-bond donors (Lipinski definition) is 8. The number of unbranched alkanes of at least 4 members (excludes halogenated alkanes) is 2. The SMILES string of the molecule is NCCCC[C@H](NC(=O)CNC(=O)[C@H](Cc1ccccc1)NC(=O)CNC(=O)[C@H](CCCCN)NC(=O)CSCCCF)C(=O)O. The fraction of sp³-hybridized carbons (Fsp3) is 0.600. The average molecular weight is 670 g/mol. The Morgan fingerprint density at radius 2 is 1.24 bits per heavy atom. The maximum atomic E-state index is 13.1. The zero-order valence-electron chi connectivity index (χ0n) is 26.1. The molecule has 0 spiro atoms. The summed E-state index contributed by atoms with van der Waals surface area (Å²) < 4.78 is 12.3. The molecule has 0 bridgehead atoms. The summed E-state index contributed by atoms with van der Waals surface area (Å²) in [7, 11) is 0. The van der Waals surface area contributed by atoms with E-state index >= 15 is 0 Å². The molecule has 14 nitrogen and oxygen atoms in total. The van der Waals surface area contributed by atoms with Crippen LogP contribution in [0.15, 0.2) is 30.3 Å². The van der Waals surface area contributed by atoms with Gasteiger partial charge in [0.2, 0.25) is 29.5 Å². The van der Waals surface area contributed by atoms with Crippen LogP contribution in [0.2, 0.25) is 0 Å². The van der Waals surface area contributed by atoms with E-state index in [-0.39, 0.29) is 18.6 Å². The van der Waals surface area contributed by atoms with Gasteiger partial charge in [-0.3, -0.25) is 28.4 Å². The van der Waals surface area contributed by atoms with Crippen molar-refractivity contribution in [3.8, 4) is 0 Å². The molecule has 5 amide bonds. The summed E-state index contributed by atoms with van der Waals surface area (Å²) in [6.07, 6.45) is 3.17. The number of amides is 5. The van der Waals surface area contributed by atoms with E-state index in [9.17, 15) is 38.3 Å². The van der Waals surface area contributed by atoms with Gasteiger partial charge in [-0.15, -0.1) is 0 Å². The normalized spacial score (nSPS) is 12.7. The molecule has 0 saturated heterocycles. The number of carbonyl (C=O) groups is 6. The average Bonchev–Trinajstić information content (AvgIpc) is 3.03. The molecule has 1 aromatic carbocycles. The van der Waals surface area contributed by atoms with Crippen LogP contribution in [0.25, 0.3) is 0 Å². The predicted molar refractivity (Wildman–Crippen MR) is 173 cm³/mol. The topological polar surface area (TPSA) is 235 Å². The van der Waals surface area contributed by atoms with Crippen molar-refractivity contribution in [2.75, 3.05) is 44.4 Å². The van der Waals surface area contributed by atoms with E-state index in [1.165, 1.54) is 11.8 Å². The number of rotatable bonds is 25. The summed E-state index contributed by atoms with van der Waals surface area (Å²) in [6, 6.07) is 5.64. The Morgan fingerprint density at radius 1 is 0.717 bits per heavy atom. The summed E-state index contributed by atoms with van der Waals surface area (Å²) in [6.45, 7) is -0.690. The van der Waals surface area contributed by atoms with Gasteiger partial charge in [-0.2, -0.15) is 11.8 Å². The number of carboxylic acid groups (broad SMARTS) is 1. The number of nitrogens with two attached hydrogens (primary N) is 2. The Labute approximate surface area is 273 Å². The minimum absolute atomic E-state index is 0.0563. The number of halogens is 1. The fourth-order valence-corrected chi connectivity index (χ4v) is 4.93. The molecule has 3 atom stereocenters. The van der Waals surface area contributed by atoms with E-state index in [4.69, 9.17) is 11.5 Å². The molecule has 10 N–H and O–H groups in total. The lowest BCUT2D eigenvalue weighted by atomic mass is 10.1. The summed E-state index contributed by atoms with van der Waals surface area (Å²) in [5, 5.41) is 21.9. The smallest absolute Gasteiger partial charge is 0.326 e. The standard InChI is InChI=1S/C30H48FN7O7S/c31-13-8-16-46-20-27(41)36-22(11-4-6-14-32)28(42)34-19-26(40)38-24(17-21-9-2-1-3-10-21)29(43)35-18-25(39)37-23(30(44)45)12-5-7-15-33/h1-3,9-10,22-24H,4-8,11-20,32-33H2,(H,34,42)(H,35,43)(H,36,41)(H,37,39)(H,38,40)(H,44,45)/t22-,23-,24-/m0/s1. The van der Waals surface area contributed by atoms with Crippen LogP contribution in [0.5, 0.6) is 0 Å². The number of benzene rings is 1. The largest absolute Gasteiger partial charge is 0.480 e. The van der Waals surface area contributed by atoms with Crippen LogP contribution in [0.1, 0.15) is 50.5 Å². The molecule has 0 saturated carbocycles. The molecular formula is C30H48FN7O7S. The van der Waals surface area contributed by atoms with E-state index in [2.05, 4.69) is 26.6 Å². The van der Waals surface area contributed by atoms with E-state index in [0.717, 1.165) is 0 Å². The van der Waals surface area contributed by atoms with Gasteiger partial charge in [-0.05, 0) is 69.4 Å². The van der Waals surface area contributed by atoms with Crippen LogP contribution in [0, 0.1) is 0 Å².